The Morgan fingerprint density at radius 3 is 2.40 bits per heavy atom. The summed E-state index contributed by atoms with van der Waals surface area (Å²) in [7, 11) is 0. The Kier molecular flexibility index (Phi) is 9.37. The first kappa shape index (κ1) is 27.7. The molecule has 0 saturated carbocycles. The molecule has 8 heteroatoms. The van der Waals surface area contributed by atoms with Crippen LogP contribution in [0, 0.1) is 5.82 Å². The summed E-state index contributed by atoms with van der Waals surface area (Å²) in [6.45, 7) is 4.63. The van der Waals surface area contributed by atoms with Crippen molar-refractivity contribution in [2.45, 2.75) is 32.4 Å². The number of benzene rings is 4. The first-order valence-corrected chi connectivity index (χ1v) is 14.0. The number of fused-ring (bicyclic) bond motifs is 1. The molecule has 0 aliphatic carbocycles. The van der Waals surface area contributed by atoms with Crippen molar-refractivity contribution in [3.05, 3.63) is 101 Å². The molecule has 1 fully saturated rings. The van der Waals surface area contributed by atoms with Crippen LogP contribution in [-0.2, 0) is 13.2 Å². The number of nitrogens with one attached hydrogen (secondary N) is 2. The number of hydrogen-bond acceptors (Lipinski definition) is 4. The number of anilines is 1. The molecule has 1 heterocycles. The van der Waals surface area contributed by atoms with E-state index in [4.69, 9.17) is 21.1 Å². The molecule has 0 atom stereocenters. The number of carbonyl (C=O) groups excluding carboxylic acids is 1. The first-order chi connectivity index (χ1) is 19.5. The van der Waals surface area contributed by atoms with E-state index < -0.39 is 5.82 Å². The maximum atomic E-state index is 13.4. The second-order valence-electron chi connectivity index (χ2n) is 9.90. The fourth-order valence-electron chi connectivity index (χ4n) is 4.82. The van der Waals surface area contributed by atoms with Crippen LogP contribution in [0.5, 0.6) is 11.5 Å². The molecule has 4 aromatic carbocycles. The molecule has 1 aliphatic heterocycles. The zero-order valence-electron chi connectivity index (χ0n) is 22.3. The average molecular weight is 562 g/mol. The van der Waals surface area contributed by atoms with Gasteiger partial charge in [0.05, 0.1) is 10.7 Å². The maximum Gasteiger partial charge on any atom is 0.319 e. The lowest BCUT2D eigenvalue weighted by Gasteiger charge is -2.26. The largest absolute Gasteiger partial charge is 0.492 e. The minimum atomic E-state index is -0.492. The summed E-state index contributed by atoms with van der Waals surface area (Å²) in [4.78, 5) is 15.0. The molecular weight excluding hydrogens is 529 g/mol. The Balaban J connectivity index is 1.15. The Labute approximate surface area is 239 Å². The van der Waals surface area contributed by atoms with Crippen LogP contribution >= 0.6 is 11.6 Å². The van der Waals surface area contributed by atoms with E-state index in [1.165, 1.54) is 44.5 Å². The third-order valence-electron chi connectivity index (χ3n) is 7.01. The number of hydrogen-bond donors (Lipinski definition) is 2. The van der Waals surface area contributed by atoms with Crippen LogP contribution in [0.3, 0.4) is 0 Å². The van der Waals surface area contributed by atoms with Gasteiger partial charge in [-0.25, -0.2) is 9.18 Å². The molecule has 40 heavy (non-hydrogen) atoms. The molecule has 1 saturated heterocycles. The van der Waals surface area contributed by atoms with Crippen molar-refractivity contribution in [3.63, 3.8) is 0 Å². The molecule has 0 unspecified atom stereocenters. The summed E-state index contributed by atoms with van der Waals surface area (Å²) >= 11 is 5.83. The van der Waals surface area contributed by atoms with E-state index in [2.05, 4.69) is 15.5 Å². The fraction of sp³-hybridized carbons (Fsp3) is 0.281. The Hall–Kier alpha value is -3.81. The normalized spacial score (nSPS) is 13.7. The van der Waals surface area contributed by atoms with Crippen molar-refractivity contribution < 1.29 is 18.7 Å². The fourth-order valence-corrected chi connectivity index (χ4v) is 5.03. The van der Waals surface area contributed by atoms with Gasteiger partial charge in [0.1, 0.15) is 30.5 Å². The second kappa shape index (κ2) is 13.5. The molecule has 2 amide bonds. The Morgan fingerprint density at radius 2 is 1.62 bits per heavy atom. The zero-order valence-corrected chi connectivity index (χ0v) is 23.1. The lowest BCUT2D eigenvalue weighted by Crippen LogP contribution is -2.33. The van der Waals surface area contributed by atoms with E-state index in [0.717, 1.165) is 34.4 Å². The molecule has 0 spiro atoms. The van der Waals surface area contributed by atoms with E-state index >= 15 is 0 Å². The molecule has 0 bridgehead atoms. The summed E-state index contributed by atoms with van der Waals surface area (Å²) in [5.74, 6) is 1.10. The van der Waals surface area contributed by atoms with Gasteiger partial charge in [0.15, 0.2) is 0 Å². The molecule has 5 rings (SSSR count). The van der Waals surface area contributed by atoms with Gasteiger partial charge in [-0.2, -0.15) is 0 Å². The van der Waals surface area contributed by atoms with Gasteiger partial charge in [0.2, 0.25) is 0 Å². The summed E-state index contributed by atoms with van der Waals surface area (Å²) in [5, 5.41) is 7.45. The van der Waals surface area contributed by atoms with Crippen LogP contribution in [0.1, 0.15) is 30.4 Å². The maximum absolute atomic E-state index is 13.4. The number of likely N-dealkylation sites (tertiary alicyclic amines) is 1. The van der Waals surface area contributed by atoms with Gasteiger partial charge in [-0.3, -0.25) is 4.90 Å². The standard InChI is InChI=1S/C32H33ClFN3O3/c33-28-20-24(10-13-29(28)34)21-35-32(38)36-30-14-15-31(27-7-3-2-6-26(27)30)40-22-23-8-11-25(12-9-23)39-19-18-37-16-4-1-5-17-37/h2-3,6-15,20H,1,4-5,16-19,21-22H2,(H2,35,36,38). The molecule has 208 valence electrons. The molecular formula is C32H33ClFN3O3. The number of amides is 2. The van der Waals surface area contributed by atoms with Gasteiger partial charge in [-0.15, -0.1) is 0 Å². The summed E-state index contributed by atoms with van der Waals surface area (Å²) in [5.41, 5.74) is 2.39. The summed E-state index contributed by atoms with van der Waals surface area (Å²) in [6, 6.07) is 23.4. The van der Waals surface area contributed by atoms with Crippen molar-refractivity contribution in [3.8, 4) is 11.5 Å². The monoisotopic (exact) mass is 561 g/mol. The molecule has 2 N–H and O–H groups in total. The number of ether oxygens (including phenoxy) is 2. The van der Waals surface area contributed by atoms with Crippen molar-refractivity contribution in [2.75, 3.05) is 31.6 Å². The minimum Gasteiger partial charge on any atom is -0.492 e. The summed E-state index contributed by atoms with van der Waals surface area (Å²) in [6.07, 6.45) is 3.91. The lowest BCUT2D eigenvalue weighted by atomic mass is 10.1. The van der Waals surface area contributed by atoms with E-state index in [-0.39, 0.29) is 17.6 Å². The van der Waals surface area contributed by atoms with Crippen molar-refractivity contribution in [1.82, 2.24) is 10.2 Å². The van der Waals surface area contributed by atoms with E-state index in [1.54, 1.807) is 6.07 Å². The number of nitrogens with zero attached hydrogens (tertiary/aromatic N) is 1. The Morgan fingerprint density at radius 1 is 0.875 bits per heavy atom. The summed E-state index contributed by atoms with van der Waals surface area (Å²) < 4.78 is 25.5. The molecule has 1 aliphatic rings. The SMILES string of the molecule is O=C(NCc1ccc(F)c(Cl)c1)Nc1ccc(OCc2ccc(OCCN3CCCCC3)cc2)c2ccccc12. The van der Waals surface area contributed by atoms with Crippen LogP contribution in [-0.4, -0.2) is 37.2 Å². The topological polar surface area (TPSA) is 62.8 Å². The van der Waals surface area contributed by atoms with Crippen molar-refractivity contribution in [2.24, 2.45) is 0 Å². The van der Waals surface area contributed by atoms with Crippen molar-refractivity contribution in [1.29, 1.82) is 0 Å². The van der Waals surface area contributed by atoms with Gasteiger partial charge in [0, 0.05) is 23.9 Å². The number of carbonyl (C=O) groups is 1. The highest BCUT2D eigenvalue weighted by atomic mass is 35.5. The van der Waals surface area contributed by atoms with Crippen LogP contribution in [0.15, 0.2) is 78.9 Å². The van der Waals surface area contributed by atoms with Crippen LogP contribution in [0.25, 0.3) is 10.8 Å². The second-order valence-corrected chi connectivity index (χ2v) is 10.3. The lowest BCUT2D eigenvalue weighted by molar-refractivity contribution is 0.183. The van der Waals surface area contributed by atoms with E-state index in [9.17, 15) is 9.18 Å². The molecule has 4 aromatic rings. The minimum absolute atomic E-state index is 0.0220. The smallest absolute Gasteiger partial charge is 0.319 e. The predicted molar refractivity (Wildman–Crippen MR) is 158 cm³/mol. The highest BCUT2D eigenvalue weighted by Crippen LogP contribution is 2.32. The number of halogens is 2. The van der Waals surface area contributed by atoms with Crippen molar-refractivity contribution >= 4 is 34.1 Å². The average Bonchev–Trinajstić information content (AvgIpc) is 2.98. The third-order valence-corrected chi connectivity index (χ3v) is 7.30. The van der Waals surface area contributed by atoms with E-state index in [1.807, 2.05) is 60.7 Å². The van der Waals surface area contributed by atoms with Gasteiger partial charge < -0.3 is 20.1 Å². The van der Waals surface area contributed by atoms with Gasteiger partial charge in [-0.1, -0.05) is 60.5 Å². The van der Waals surface area contributed by atoms with Gasteiger partial charge >= 0.3 is 6.03 Å². The van der Waals surface area contributed by atoms with Crippen LogP contribution < -0.4 is 20.1 Å². The van der Waals surface area contributed by atoms with Crippen LogP contribution in [0.4, 0.5) is 14.9 Å². The highest BCUT2D eigenvalue weighted by molar-refractivity contribution is 6.30. The first-order valence-electron chi connectivity index (χ1n) is 13.6. The Bertz CT molecular complexity index is 1440. The van der Waals surface area contributed by atoms with E-state index in [0.29, 0.717) is 24.5 Å². The van der Waals surface area contributed by atoms with Gasteiger partial charge in [-0.05, 0) is 73.5 Å². The quantitative estimate of drug-likeness (QED) is 0.212. The zero-order chi connectivity index (χ0) is 27.7. The van der Waals surface area contributed by atoms with Gasteiger partial charge in [0.25, 0.3) is 0 Å². The highest BCUT2D eigenvalue weighted by Gasteiger charge is 2.12. The number of urea groups is 1. The molecule has 0 radical (unpaired) electrons. The molecule has 0 aromatic heterocycles. The number of rotatable bonds is 10. The predicted octanol–water partition coefficient (Wildman–Crippen LogP) is 7.40. The third kappa shape index (κ3) is 7.43. The number of piperidine rings is 1. The molecule has 6 nitrogen and oxygen atoms in total. The van der Waals surface area contributed by atoms with Crippen LogP contribution in [0.2, 0.25) is 5.02 Å².